The number of hydrogen-bond acceptors (Lipinski definition) is 5. The summed E-state index contributed by atoms with van der Waals surface area (Å²) in [5.74, 6) is 1.22. The predicted molar refractivity (Wildman–Crippen MR) is 78.5 cm³/mol. The number of piperidine rings is 1. The second-order valence-corrected chi connectivity index (χ2v) is 7.83. The maximum atomic E-state index is 11.5. The van der Waals surface area contributed by atoms with Crippen LogP contribution in [-0.4, -0.2) is 42.8 Å². The summed E-state index contributed by atoms with van der Waals surface area (Å²) in [7, 11) is -3.07. The molecule has 1 unspecified atom stereocenters. The Kier molecular flexibility index (Phi) is 4.70. The van der Waals surface area contributed by atoms with E-state index >= 15 is 0 Å². The van der Waals surface area contributed by atoms with Crippen LogP contribution in [0.1, 0.15) is 12.8 Å². The first-order valence-corrected chi connectivity index (χ1v) is 9.08. The van der Waals surface area contributed by atoms with Gasteiger partial charge in [-0.2, -0.15) is 0 Å². The van der Waals surface area contributed by atoms with Crippen molar-refractivity contribution < 1.29 is 8.42 Å². The largest absolute Gasteiger partial charge is 0.397 e. The number of nitrogens with two attached hydrogens (primary N) is 1. The second-order valence-electron chi connectivity index (χ2n) is 4.84. The van der Waals surface area contributed by atoms with Crippen LogP contribution in [0.4, 0.5) is 5.69 Å². The van der Waals surface area contributed by atoms with Crippen LogP contribution < -0.4 is 5.73 Å². The molecule has 106 valence electrons. The standard InChI is InChI=1S/C12H19N3O2S2/c1-19(16,17)15-7-3-4-10(8-15)9-18-12-11(13)5-2-6-14-12/h2,5-6,10H,3-4,7-9,13H2,1H3. The third-order valence-electron chi connectivity index (χ3n) is 3.21. The average Bonchev–Trinajstić information content (AvgIpc) is 2.37. The van der Waals surface area contributed by atoms with Gasteiger partial charge in [0.1, 0.15) is 5.03 Å². The van der Waals surface area contributed by atoms with Crippen LogP contribution in [-0.2, 0) is 10.0 Å². The van der Waals surface area contributed by atoms with Gasteiger partial charge in [-0.3, -0.25) is 0 Å². The van der Waals surface area contributed by atoms with Gasteiger partial charge in [-0.1, -0.05) is 0 Å². The fourth-order valence-corrected chi connectivity index (χ4v) is 4.16. The van der Waals surface area contributed by atoms with Crippen molar-refractivity contribution in [3.8, 4) is 0 Å². The van der Waals surface area contributed by atoms with Gasteiger partial charge in [0.15, 0.2) is 0 Å². The SMILES string of the molecule is CS(=O)(=O)N1CCCC(CSc2ncccc2N)C1. The number of aromatic nitrogens is 1. The highest BCUT2D eigenvalue weighted by atomic mass is 32.2. The number of thioether (sulfide) groups is 1. The molecule has 1 aliphatic heterocycles. The van der Waals surface area contributed by atoms with Crippen molar-refractivity contribution in [2.45, 2.75) is 17.9 Å². The first kappa shape index (κ1) is 14.6. The van der Waals surface area contributed by atoms with Crippen LogP contribution >= 0.6 is 11.8 Å². The van der Waals surface area contributed by atoms with Crippen molar-refractivity contribution in [2.24, 2.45) is 5.92 Å². The number of nitrogens with zero attached hydrogens (tertiary/aromatic N) is 2. The topological polar surface area (TPSA) is 76.3 Å². The summed E-state index contributed by atoms with van der Waals surface area (Å²) in [4.78, 5) is 4.24. The van der Waals surface area contributed by atoms with Crippen LogP contribution in [0, 0.1) is 5.92 Å². The molecule has 0 spiro atoms. The van der Waals surface area contributed by atoms with E-state index in [1.807, 2.05) is 12.1 Å². The average molecular weight is 301 g/mol. The van der Waals surface area contributed by atoms with E-state index < -0.39 is 10.0 Å². The Labute approximate surface area is 118 Å². The van der Waals surface area contributed by atoms with E-state index in [0.717, 1.165) is 23.6 Å². The molecule has 7 heteroatoms. The zero-order valence-corrected chi connectivity index (χ0v) is 12.6. The van der Waals surface area contributed by atoms with E-state index in [9.17, 15) is 8.42 Å². The molecule has 0 aromatic carbocycles. The predicted octanol–water partition coefficient (Wildman–Crippen LogP) is 1.43. The van der Waals surface area contributed by atoms with Gasteiger partial charge in [0.05, 0.1) is 11.9 Å². The maximum absolute atomic E-state index is 11.5. The number of pyridine rings is 1. The monoisotopic (exact) mass is 301 g/mol. The molecule has 1 saturated heterocycles. The molecule has 1 aromatic rings. The van der Waals surface area contributed by atoms with E-state index in [4.69, 9.17) is 5.73 Å². The summed E-state index contributed by atoms with van der Waals surface area (Å²) in [6.07, 6.45) is 4.99. The number of hydrogen-bond donors (Lipinski definition) is 1. The summed E-state index contributed by atoms with van der Waals surface area (Å²) in [5.41, 5.74) is 6.53. The number of nitrogen functional groups attached to an aromatic ring is 1. The highest BCUT2D eigenvalue weighted by Crippen LogP contribution is 2.28. The van der Waals surface area contributed by atoms with Gasteiger partial charge in [-0.25, -0.2) is 17.7 Å². The van der Waals surface area contributed by atoms with E-state index in [1.165, 1.54) is 6.26 Å². The van der Waals surface area contributed by atoms with Gasteiger partial charge in [0.25, 0.3) is 0 Å². The van der Waals surface area contributed by atoms with Crippen LogP contribution in [0.15, 0.2) is 23.4 Å². The molecule has 0 bridgehead atoms. The summed E-state index contributed by atoms with van der Waals surface area (Å²) >= 11 is 1.61. The van der Waals surface area contributed by atoms with Crippen LogP contribution in [0.25, 0.3) is 0 Å². The number of sulfonamides is 1. The molecule has 2 heterocycles. The first-order valence-electron chi connectivity index (χ1n) is 6.25. The summed E-state index contributed by atoms with van der Waals surface area (Å²) < 4.78 is 24.7. The smallest absolute Gasteiger partial charge is 0.211 e. The molecular formula is C12H19N3O2S2. The normalized spacial score (nSPS) is 21.4. The maximum Gasteiger partial charge on any atom is 0.211 e. The molecule has 1 atom stereocenters. The van der Waals surface area contributed by atoms with Crippen LogP contribution in [0.2, 0.25) is 0 Å². The quantitative estimate of drug-likeness (QED) is 0.851. The lowest BCUT2D eigenvalue weighted by molar-refractivity contribution is 0.286. The van der Waals surface area contributed by atoms with E-state index in [-0.39, 0.29) is 0 Å². The zero-order valence-electron chi connectivity index (χ0n) is 10.9. The molecule has 19 heavy (non-hydrogen) atoms. The minimum absolute atomic E-state index is 0.370. The van der Waals surface area contributed by atoms with E-state index in [0.29, 0.717) is 24.7 Å². The lowest BCUT2D eigenvalue weighted by atomic mass is 10.0. The van der Waals surface area contributed by atoms with Crippen molar-refractivity contribution in [3.05, 3.63) is 18.3 Å². The summed E-state index contributed by atoms with van der Waals surface area (Å²) in [6.45, 7) is 1.25. The molecule has 0 radical (unpaired) electrons. The molecule has 1 aliphatic rings. The van der Waals surface area contributed by atoms with Crippen molar-refractivity contribution in [1.29, 1.82) is 0 Å². The van der Waals surface area contributed by atoms with Crippen molar-refractivity contribution in [1.82, 2.24) is 9.29 Å². The Bertz CT molecular complexity index is 534. The molecule has 2 rings (SSSR count). The summed E-state index contributed by atoms with van der Waals surface area (Å²) in [5, 5.41) is 0.832. The van der Waals surface area contributed by atoms with E-state index in [2.05, 4.69) is 4.98 Å². The van der Waals surface area contributed by atoms with Gasteiger partial charge in [0, 0.05) is 25.0 Å². The molecular weight excluding hydrogens is 282 g/mol. The molecule has 1 fully saturated rings. The van der Waals surface area contributed by atoms with Gasteiger partial charge >= 0.3 is 0 Å². The molecule has 0 amide bonds. The van der Waals surface area contributed by atoms with Crippen LogP contribution in [0.5, 0.6) is 0 Å². The first-order chi connectivity index (χ1) is 8.97. The Balaban J connectivity index is 1.92. The number of rotatable bonds is 4. The van der Waals surface area contributed by atoms with Crippen molar-refractivity contribution >= 4 is 27.5 Å². The lowest BCUT2D eigenvalue weighted by Crippen LogP contribution is -2.39. The molecule has 5 nitrogen and oxygen atoms in total. The Morgan fingerprint density at radius 2 is 2.37 bits per heavy atom. The minimum Gasteiger partial charge on any atom is -0.397 e. The highest BCUT2D eigenvalue weighted by Gasteiger charge is 2.25. The molecule has 2 N–H and O–H groups in total. The number of anilines is 1. The van der Waals surface area contributed by atoms with Crippen LogP contribution in [0.3, 0.4) is 0 Å². The Hall–Kier alpha value is -0.790. The Morgan fingerprint density at radius 1 is 1.58 bits per heavy atom. The summed E-state index contributed by atoms with van der Waals surface area (Å²) in [6, 6.07) is 3.64. The highest BCUT2D eigenvalue weighted by molar-refractivity contribution is 7.99. The Morgan fingerprint density at radius 3 is 3.05 bits per heavy atom. The van der Waals surface area contributed by atoms with Gasteiger partial charge < -0.3 is 5.73 Å². The van der Waals surface area contributed by atoms with Crippen molar-refractivity contribution in [3.63, 3.8) is 0 Å². The fraction of sp³-hybridized carbons (Fsp3) is 0.583. The van der Waals surface area contributed by atoms with Gasteiger partial charge in [-0.05, 0) is 30.9 Å². The zero-order chi connectivity index (χ0) is 13.9. The third kappa shape index (κ3) is 4.09. The lowest BCUT2D eigenvalue weighted by Gasteiger charge is -2.30. The molecule has 0 saturated carbocycles. The second kappa shape index (κ2) is 6.11. The van der Waals surface area contributed by atoms with Gasteiger partial charge in [-0.15, -0.1) is 11.8 Å². The fourth-order valence-electron chi connectivity index (χ4n) is 2.18. The third-order valence-corrected chi connectivity index (χ3v) is 5.73. The van der Waals surface area contributed by atoms with E-state index in [1.54, 1.807) is 22.3 Å². The molecule has 0 aliphatic carbocycles. The van der Waals surface area contributed by atoms with Gasteiger partial charge in [0.2, 0.25) is 10.0 Å². The molecule has 1 aromatic heterocycles. The van der Waals surface area contributed by atoms with Crippen molar-refractivity contribution in [2.75, 3.05) is 30.8 Å². The minimum atomic E-state index is -3.07.